The van der Waals surface area contributed by atoms with E-state index in [-0.39, 0.29) is 37.0 Å². The van der Waals surface area contributed by atoms with Gasteiger partial charge in [0.25, 0.3) is 0 Å². The van der Waals surface area contributed by atoms with Crippen LogP contribution in [0.4, 0.5) is 10.7 Å². The summed E-state index contributed by atoms with van der Waals surface area (Å²) in [5.74, 6) is -1.53. The van der Waals surface area contributed by atoms with Crippen molar-refractivity contribution in [2.45, 2.75) is 20.3 Å². The first-order chi connectivity index (χ1) is 13.5. The molecule has 0 bridgehead atoms. The van der Waals surface area contributed by atoms with Gasteiger partial charge in [0.05, 0.1) is 18.1 Å². The fourth-order valence-corrected chi connectivity index (χ4v) is 4.14. The van der Waals surface area contributed by atoms with E-state index >= 15 is 0 Å². The van der Waals surface area contributed by atoms with Gasteiger partial charge in [-0.15, -0.1) is 11.3 Å². The molecule has 2 heterocycles. The number of thiophene rings is 1. The molecule has 1 atom stereocenters. The normalized spacial score (nSPS) is 16.0. The summed E-state index contributed by atoms with van der Waals surface area (Å²) in [5, 5.41) is 12.5. The van der Waals surface area contributed by atoms with E-state index in [9.17, 15) is 19.6 Å². The summed E-state index contributed by atoms with van der Waals surface area (Å²) in [6, 6.07) is 11.2. The van der Waals surface area contributed by atoms with Gasteiger partial charge in [0, 0.05) is 18.7 Å². The van der Waals surface area contributed by atoms with E-state index in [1.165, 1.54) is 0 Å². The maximum Gasteiger partial charge on any atom is 0.348 e. The number of benzene rings is 1. The zero-order valence-corrected chi connectivity index (χ0v) is 16.3. The average molecular weight is 397 g/mol. The zero-order valence-electron chi connectivity index (χ0n) is 15.5. The maximum absolute atomic E-state index is 12.7. The Kier molecular flexibility index (Phi) is 5.76. The molecule has 2 amide bonds. The molecule has 2 aromatic rings. The van der Waals surface area contributed by atoms with Crippen molar-refractivity contribution in [2.24, 2.45) is 5.92 Å². The van der Waals surface area contributed by atoms with Gasteiger partial charge in [-0.2, -0.15) is 5.26 Å². The van der Waals surface area contributed by atoms with E-state index < -0.39 is 11.9 Å². The number of nitrogens with one attached hydrogen (secondary N) is 1. The van der Waals surface area contributed by atoms with E-state index in [1.54, 1.807) is 18.7 Å². The lowest BCUT2D eigenvalue weighted by Crippen LogP contribution is -2.28. The van der Waals surface area contributed by atoms with Crippen molar-refractivity contribution in [1.29, 1.82) is 5.26 Å². The molecule has 1 aromatic heterocycles. The van der Waals surface area contributed by atoms with Crippen LogP contribution in [0.3, 0.4) is 0 Å². The molecule has 8 heteroatoms. The number of amides is 2. The second-order valence-electron chi connectivity index (χ2n) is 6.32. The van der Waals surface area contributed by atoms with Crippen molar-refractivity contribution in [1.82, 2.24) is 0 Å². The Morgan fingerprint density at radius 3 is 2.71 bits per heavy atom. The Morgan fingerprint density at radius 2 is 2.07 bits per heavy atom. The van der Waals surface area contributed by atoms with Crippen molar-refractivity contribution >= 4 is 39.8 Å². The lowest BCUT2D eigenvalue weighted by atomic mass is 10.1. The number of hydrogen-bond donors (Lipinski definition) is 1. The largest absolute Gasteiger partial charge is 0.462 e. The Bertz CT molecular complexity index is 962. The maximum atomic E-state index is 12.7. The Labute approximate surface area is 166 Å². The molecular formula is C20H19N3O4S. The number of ether oxygens (including phenoxy) is 1. The second-order valence-corrected chi connectivity index (χ2v) is 7.34. The Hall–Kier alpha value is -3.18. The number of hydrogen-bond acceptors (Lipinski definition) is 6. The van der Waals surface area contributed by atoms with Crippen molar-refractivity contribution < 1.29 is 19.1 Å². The zero-order chi connectivity index (χ0) is 20.3. The van der Waals surface area contributed by atoms with Crippen LogP contribution in [0.25, 0.3) is 0 Å². The van der Waals surface area contributed by atoms with Gasteiger partial charge in [-0.05, 0) is 31.5 Å². The molecule has 0 saturated carbocycles. The summed E-state index contributed by atoms with van der Waals surface area (Å²) < 4.78 is 5.00. The molecule has 0 spiro atoms. The van der Waals surface area contributed by atoms with Crippen LogP contribution in [0.15, 0.2) is 30.3 Å². The van der Waals surface area contributed by atoms with E-state index in [2.05, 4.69) is 5.32 Å². The summed E-state index contributed by atoms with van der Waals surface area (Å²) in [4.78, 5) is 39.0. The standard InChI is InChI=1S/C20H19N3O4S/c1-3-27-20(26)17-12(2)15(10-21)19(28-17)22-18(25)13-9-16(24)23(11-13)14-7-5-4-6-8-14/h4-8,13H,3,9,11H2,1-2H3,(H,22,25). The topological polar surface area (TPSA) is 99.5 Å². The van der Waals surface area contributed by atoms with Crippen LogP contribution in [-0.4, -0.2) is 30.9 Å². The molecule has 28 heavy (non-hydrogen) atoms. The summed E-state index contributed by atoms with van der Waals surface area (Å²) in [6.45, 7) is 3.84. The van der Waals surface area contributed by atoms with Gasteiger partial charge in [-0.1, -0.05) is 18.2 Å². The van der Waals surface area contributed by atoms with Gasteiger partial charge in [0.2, 0.25) is 11.8 Å². The molecule has 1 N–H and O–H groups in total. The number of nitrogens with zero attached hydrogens (tertiary/aromatic N) is 2. The molecular weight excluding hydrogens is 378 g/mol. The Morgan fingerprint density at radius 1 is 1.36 bits per heavy atom. The number of carbonyl (C=O) groups excluding carboxylic acids is 3. The van der Waals surface area contributed by atoms with E-state index in [0.717, 1.165) is 17.0 Å². The predicted molar refractivity (Wildman–Crippen MR) is 105 cm³/mol. The molecule has 0 radical (unpaired) electrons. The molecule has 3 rings (SSSR count). The van der Waals surface area contributed by atoms with E-state index in [1.807, 2.05) is 36.4 Å². The van der Waals surface area contributed by atoms with Crippen molar-refractivity contribution in [3.8, 4) is 6.07 Å². The molecule has 7 nitrogen and oxygen atoms in total. The molecule has 1 aliphatic rings. The third-order valence-electron chi connectivity index (χ3n) is 4.52. The summed E-state index contributed by atoms with van der Waals surface area (Å²) in [5.41, 5.74) is 1.47. The van der Waals surface area contributed by atoms with Crippen LogP contribution in [-0.2, 0) is 14.3 Å². The first-order valence-corrected chi connectivity index (χ1v) is 9.64. The molecule has 1 saturated heterocycles. The number of para-hydroxylation sites is 1. The predicted octanol–water partition coefficient (Wildman–Crippen LogP) is 3.10. The first-order valence-electron chi connectivity index (χ1n) is 8.83. The van der Waals surface area contributed by atoms with Crippen molar-refractivity contribution in [2.75, 3.05) is 23.4 Å². The highest BCUT2D eigenvalue weighted by atomic mass is 32.1. The fourth-order valence-electron chi connectivity index (χ4n) is 3.08. The fraction of sp³-hybridized carbons (Fsp3) is 0.300. The minimum Gasteiger partial charge on any atom is -0.462 e. The van der Waals surface area contributed by atoms with Crippen LogP contribution < -0.4 is 10.2 Å². The highest BCUT2D eigenvalue weighted by molar-refractivity contribution is 7.18. The average Bonchev–Trinajstić information content (AvgIpc) is 3.22. The van der Waals surface area contributed by atoms with Gasteiger partial charge in [-0.3, -0.25) is 9.59 Å². The molecule has 1 aromatic carbocycles. The number of rotatable bonds is 5. The van der Waals surface area contributed by atoms with Crippen LogP contribution in [0.2, 0.25) is 0 Å². The van der Waals surface area contributed by atoms with Crippen molar-refractivity contribution in [3.63, 3.8) is 0 Å². The minimum absolute atomic E-state index is 0.0949. The summed E-state index contributed by atoms with van der Waals surface area (Å²) >= 11 is 1.02. The third kappa shape index (κ3) is 3.75. The van der Waals surface area contributed by atoms with Gasteiger partial charge < -0.3 is 15.0 Å². The van der Waals surface area contributed by atoms with Crippen LogP contribution in [0, 0.1) is 24.2 Å². The van der Waals surface area contributed by atoms with Crippen LogP contribution in [0.5, 0.6) is 0 Å². The number of esters is 1. The molecule has 1 unspecified atom stereocenters. The van der Waals surface area contributed by atoms with Gasteiger partial charge in [-0.25, -0.2) is 4.79 Å². The molecule has 1 aliphatic heterocycles. The number of carbonyl (C=O) groups is 3. The summed E-state index contributed by atoms with van der Waals surface area (Å²) in [7, 11) is 0. The quantitative estimate of drug-likeness (QED) is 0.782. The summed E-state index contributed by atoms with van der Waals surface area (Å²) in [6.07, 6.45) is 0.0949. The molecule has 144 valence electrons. The molecule has 1 fully saturated rings. The van der Waals surface area contributed by atoms with E-state index in [0.29, 0.717) is 15.4 Å². The highest BCUT2D eigenvalue weighted by Gasteiger charge is 2.36. The van der Waals surface area contributed by atoms with Crippen LogP contribution in [0.1, 0.15) is 34.1 Å². The van der Waals surface area contributed by atoms with Crippen LogP contribution >= 0.6 is 11.3 Å². The SMILES string of the molecule is CCOC(=O)c1sc(NC(=O)C2CC(=O)N(c3ccccc3)C2)c(C#N)c1C. The lowest BCUT2D eigenvalue weighted by Gasteiger charge is -2.16. The van der Waals surface area contributed by atoms with Gasteiger partial charge in [0.1, 0.15) is 15.9 Å². The van der Waals surface area contributed by atoms with E-state index in [4.69, 9.17) is 4.74 Å². The minimum atomic E-state index is -0.535. The highest BCUT2D eigenvalue weighted by Crippen LogP contribution is 2.34. The van der Waals surface area contributed by atoms with Crippen molar-refractivity contribution in [3.05, 3.63) is 46.3 Å². The number of nitriles is 1. The number of anilines is 2. The third-order valence-corrected chi connectivity index (χ3v) is 5.71. The second kappa shape index (κ2) is 8.23. The lowest BCUT2D eigenvalue weighted by molar-refractivity contribution is -0.122. The van der Waals surface area contributed by atoms with Gasteiger partial charge in [0.15, 0.2) is 0 Å². The Balaban J connectivity index is 1.77. The first kappa shape index (κ1) is 19.6. The smallest absolute Gasteiger partial charge is 0.348 e. The monoisotopic (exact) mass is 397 g/mol. The van der Waals surface area contributed by atoms with Gasteiger partial charge >= 0.3 is 5.97 Å². The molecule has 0 aliphatic carbocycles.